The van der Waals surface area contributed by atoms with Crippen molar-refractivity contribution in [3.63, 3.8) is 0 Å². The Morgan fingerprint density at radius 1 is 1.00 bits per heavy atom. The summed E-state index contributed by atoms with van der Waals surface area (Å²) >= 11 is 23.1. The zero-order valence-corrected chi connectivity index (χ0v) is 15.8. The van der Waals surface area contributed by atoms with E-state index in [1.165, 1.54) is 18.2 Å². The van der Waals surface area contributed by atoms with Crippen LogP contribution < -0.4 is 4.83 Å². The molecule has 2 rings (SSSR count). The zero-order valence-electron chi connectivity index (χ0n) is 11.9. The molecule has 0 aliphatic heterocycles. The molecule has 0 unspecified atom stereocenters. The van der Waals surface area contributed by atoms with Gasteiger partial charge in [0.2, 0.25) is 0 Å². The molecular formula is C13H7Cl4N3O4S. The first-order valence-corrected chi connectivity index (χ1v) is 9.24. The van der Waals surface area contributed by atoms with E-state index in [0.717, 1.165) is 18.3 Å². The van der Waals surface area contributed by atoms with Gasteiger partial charge in [-0.1, -0.05) is 52.5 Å². The van der Waals surface area contributed by atoms with Crippen LogP contribution in [-0.2, 0) is 10.0 Å². The minimum atomic E-state index is -4.12. The number of hydrazone groups is 1. The molecule has 0 fully saturated rings. The van der Waals surface area contributed by atoms with E-state index in [9.17, 15) is 18.5 Å². The highest BCUT2D eigenvalue weighted by Crippen LogP contribution is 2.31. The standard InChI is InChI=1S/C13H7Cl4N3O4S/c14-8-2-1-7(3-12(8)20(21)22)6-18-19-25(23,24)13-5-10(16)9(15)4-11(13)17/h1-6,19H/b18-6-. The molecule has 0 amide bonds. The van der Waals surface area contributed by atoms with Gasteiger partial charge < -0.3 is 0 Å². The van der Waals surface area contributed by atoms with Gasteiger partial charge in [-0.3, -0.25) is 10.1 Å². The normalized spacial score (nSPS) is 11.7. The number of nitrogens with one attached hydrogen (secondary N) is 1. The van der Waals surface area contributed by atoms with Gasteiger partial charge in [-0.15, -0.1) is 0 Å². The van der Waals surface area contributed by atoms with Crippen LogP contribution in [0.4, 0.5) is 5.69 Å². The van der Waals surface area contributed by atoms with Gasteiger partial charge in [0.1, 0.15) is 9.92 Å². The maximum atomic E-state index is 12.2. The molecule has 12 heteroatoms. The Bertz CT molecular complexity index is 979. The second-order valence-corrected chi connectivity index (χ2v) is 7.78. The molecular weight excluding hydrogens is 436 g/mol. The maximum Gasteiger partial charge on any atom is 0.288 e. The van der Waals surface area contributed by atoms with Crippen LogP contribution in [0.1, 0.15) is 5.56 Å². The molecule has 132 valence electrons. The maximum absolute atomic E-state index is 12.2. The van der Waals surface area contributed by atoms with Crippen molar-refractivity contribution in [2.45, 2.75) is 4.90 Å². The van der Waals surface area contributed by atoms with Crippen LogP contribution in [0, 0.1) is 10.1 Å². The van der Waals surface area contributed by atoms with Gasteiger partial charge in [-0.05, 0) is 18.2 Å². The highest BCUT2D eigenvalue weighted by Gasteiger charge is 2.19. The Morgan fingerprint density at radius 2 is 1.64 bits per heavy atom. The summed E-state index contributed by atoms with van der Waals surface area (Å²) in [4.78, 5) is 11.8. The Morgan fingerprint density at radius 3 is 2.28 bits per heavy atom. The molecule has 0 heterocycles. The fourth-order valence-electron chi connectivity index (χ4n) is 1.68. The second kappa shape index (κ2) is 7.76. The average Bonchev–Trinajstić information content (AvgIpc) is 2.52. The average molecular weight is 443 g/mol. The first-order chi connectivity index (χ1) is 11.6. The first-order valence-electron chi connectivity index (χ1n) is 6.25. The molecule has 0 aliphatic carbocycles. The summed E-state index contributed by atoms with van der Waals surface area (Å²) in [5.41, 5.74) is -0.0694. The van der Waals surface area contributed by atoms with Gasteiger partial charge in [0.05, 0.1) is 26.2 Å². The number of hydrogen-bond acceptors (Lipinski definition) is 5. The van der Waals surface area contributed by atoms with Crippen LogP contribution in [0.2, 0.25) is 20.1 Å². The molecule has 0 spiro atoms. The van der Waals surface area contributed by atoms with Crippen molar-refractivity contribution in [3.8, 4) is 0 Å². The summed E-state index contributed by atoms with van der Waals surface area (Å²) in [6, 6.07) is 6.14. The van der Waals surface area contributed by atoms with E-state index in [1.807, 2.05) is 4.83 Å². The van der Waals surface area contributed by atoms with E-state index in [2.05, 4.69) is 5.10 Å². The van der Waals surface area contributed by atoms with Crippen LogP contribution in [0.25, 0.3) is 0 Å². The van der Waals surface area contributed by atoms with Crippen LogP contribution in [0.3, 0.4) is 0 Å². The van der Waals surface area contributed by atoms with E-state index in [1.54, 1.807) is 0 Å². The molecule has 0 bridgehead atoms. The van der Waals surface area contributed by atoms with E-state index in [0.29, 0.717) is 0 Å². The third-order valence-electron chi connectivity index (χ3n) is 2.82. The molecule has 25 heavy (non-hydrogen) atoms. The Labute approximate surface area is 162 Å². The minimum Gasteiger partial charge on any atom is -0.258 e. The largest absolute Gasteiger partial charge is 0.288 e. The van der Waals surface area contributed by atoms with Crippen LogP contribution in [0.5, 0.6) is 0 Å². The van der Waals surface area contributed by atoms with Crippen LogP contribution >= 0.6 is 46.4 Å². The van der Waals surface area contributed by atoms with Gasteiger partial charge in [-0.2, -0.15) is 13.5 Å². The van der Waals surface area contributed by atoms with Crippen molar-refractivity contribution in [2.75, 3.05) is 0 Å². The number of benzene rings is 2. The molecule has 0 saturated heterocycles. The van der Waals surface area contributed by atoms with Gasteiger partial charge in [0.25, 0.3) is 15.7 Å². The lowest BCUT2D eigenvalue weighted by molar-refractivity contribution is -0.384. The molecule has 2 aromatic carbocycles. The van der Waals surface area contributed by atoms with E-state index in [4.69, 9.17) is 46.4 Å². The summed E-state index contributed by atoms with van der Waals surface area (Å²) in [5, 5.41) is 14.3. The van der Waals surface area contributed by atoms with E-state index >= 15 is 0 Å². The number of sulfonamides is 1. The van der Waals surface area contributed by atoms with Crippen molar-refractivity contribution in [1.29, 1.82) is 0 Å². The third kappa shape index (κ3) is 4.74. The zero-order chi connectivity index (χ0) is 18.8. The fourth-order valence-corrected chi connectivity index (χ4v) is 3.66. The highest BCUT2D eigenvalue weighted by molar-refractivity contribution is 7.89. The third-order valence-corrected chi connectivity index (χ3v) is 5.55. The van der Waals surface area contributed by atoms with Gasteiger partial charge >= 0.3 is 0 Å². The van der Waals surface area contributed by atoms with Crippen molar-refractivity contribution in [3.05, 3.63) is 66.1 Å². The number of hydrogen-bond donors (Lipinski definition) is 1. The molecule has 0 radical (unpaired) electrons. The number of halogens is 4. The summed E-state index contributed by atoms with van der Waals surface area (Å²) < 4.78 is 24.4. The molecule has 7 nitrogen and oxygen atoms in total. The first kappa shape index (κ1) is 19.7. The Hall–Kier alpha value is -1.58. The molecule has 0 saturated carbocycles. The van der Waals surface area contributed by atoms with Gasteiger partial charge in [0, 0.05) is 11.6 Å². The molecule has 0 atom stereocenters. The Balaban J connectivity index is 2.26. The van der Waals surface area contributed by atoms with E-state index < -0.39 is 14.9 Å². The predicted octanol–water partition coefficient (Wildman–Crippen LogP) is 4.52. The number of rotatable bonds is 5. The van der Waals surface area contributed by atoms with Crippen molar-refractivity contribution in [2.24, 2.45) is 5.10 Å². The van der Waals surface area contributed by atoms with Crippen molar-refractivity contribution >= 4 is 68.3 Å². The predicted molar refractivity (Wildman–Crippen MR) is 97.5 cm³/mol. The number of nitrogens with zero attached hydrogens (tertiary/aromatic N) is 2. The molecule has 0 aliphatic rings. The lowest BCUT2D eigenvalue weighted by Crippen LogP contribution is -2.18. The minimum absolute atomic E-state index is 0.00347. The van der Waals surface area contributed by atoms with Gasteiger partial charge in [-0.25, -0.2) is 4.83 Å². The highest BCUT2D eigenvalue weighted by atomic mass is 35.5. The van der Waals surface area contributed by atoms with Crippen LogP contribution in [-0.4, -0.2) is 19.6 Å². The van der Waals surface area contributed by atoms with Gasteiger partial charge in [0.15, 0.2) is 0 Å². The molecule has 1 N–H and O–H groups in total. The second-order valence-electron chi connectivity index (χ2n) is 4.52. The number of nitro benzene ring substituents is 1. The van der Waals surface area contributed by atoms with Crippen LogP contribution in [0.15, 0.2) is 40.3 Å². The SMILES string of the molecule is O=[N+]([O-])c1cc(/C=N\NS(=O)(=O)c2cc(Cl)c(Cl)cc2Cl)ccc1Cl. The fraction of sp³-hybridized carbons (Fsp3) is 0. The summed E-state index contributed by atoms with van der Waals surface area (Å²) in [5.74, 6) is 0. The van der Waals surface area contributed by atoms with Crippen molar-refractivity contribution in [1.82, 2.24) is 4.83 Å². The lowest BCUT2D eigenvalue weighted by Gasteiger charge is -2.07. The number of nitro groups is 1. The smallest absolute Gasteiger partial charge is 0.258 e. The monoisotopic (exact) mass is 441 g/mol. The Kier molecular flexibility index (Phi) is 6.12. The molecule has 2 aromatic rings. The summed E-state index contributed by atoms with van der Waals surface area (Å²) in [6.45, 7) is 0. The topological polar surface area (TPSA) is 102 Å². The molecule has 0 aromatic heterocycles. The summed E-state index contributed by atoms with van der Waals surface area (Å²) in [6.07, 6.45) is 1.08. The summed E-state index contributed by atoms with van der Waals surface area (Å²) in [7, 11) is -4.12. The van der Waals surface area contributed by atoms with E-state index in [-0.39, 0.29) is 36.2 Å². The lowest BCUT2D eigenvalue weighted by atomic mass is 10.2. The quantitative estimate of drug-likeness (QED) is 0.318. The van der Waals surface area contributed by atoms with Crippen molar-refractivity contribution < 1.29 is 13.3 Å².